The van der Waals surface area contributed by atoms with Crippen LogP contribution >= 0.6 is 0 Å². The van der Waals surface area contributed by atoms with Crippen molar-refractivity contribution in [2.75, 3.05) is 40.3 Å². The van der Waals surface area contributed by atoms with Gasteiger partial charge in [-0.05, 0) is 52.4 Å². The van der Waals surface area contributed by atoms with Gasteiger partial charge in [0.2, 0.25) is 0 Å². The maximum atomic E-state index is 3.61. The van der Waals surface area contributed by atoms with Crippen LogP contribution in [0.25, 0.3) is 0 Å². The minimum absolute atomic E-state index is 0.698. The van der Waals surface area contributed by atoms with E-state index in [4.69, 9.17) is 0 Å². The lowest BCUT2D eigenvalue weighted by molar-refractivity contribution is 0.119. The summed E-state index contributed by atoms with van der Waals surface area (Å²) < 4.78 is 0. The topological polar surface area (TPSA) is 18.5 Å². The second kappa shape index (κ2) is 8.13. The predicted octanol–water partition coefficient (Wildman–Crippen LogP) is 2.04. The first-order valence-corrected chi connectivity index (χ1v) is 7.67. The summed E-state index contributed by atoms with van der Waals surface area (Å²) in [6, 6.07) is 1.46. The molecule has 1 aliphatic rings. The van der Waals surface area contributed by atoms with Gasteiger partial charge in [-0.3, -0.25) is 4.90 Å². The van der Waals surface area contributed by atoms with Crippen LogP contribution in [0.1, 0.15) is 40.0 Å². The zero-order valence-corrected chi connectivity index (χ0v) is 13.1. The van der Waals surface area contributed by atoms with Crippen molar-refractivity contribution in [2.24, 2.45) is 5.92 Å². The van der Waals surface area contributed by atoms with Crippen LogP contribution in [0.15, 0.2) is 0 Å². The Morgan fingerprint density at radius 2 is 2.06 bits per heavy atom. The molecule has 0 aromatic rings. The van der Waals surface area contributed by atoms with E-state index in [1.807, 2.05) is 0 Å². The Kier molecular flexibility index (Phi) is 7.20. The lowest BCUT2D eigenvalue weighted by Crippen LogP contribution is -2.50. The summed E-state index contributed by atoms with van der Waals surface area (Å²) in [6.07, 6.45) is 3.97. The quantitative estimate of drug-likeness (QED) is 0.670. The molecule has 2 unspecified atom stereocenters. The van der Waals surface area contributed by atoms with E-state index in [1.54, 1.807) is 0 Å². The molecule has 0 radical (unpaired) electrons. The van der Waals surface area contributed by atoms with Crippen molar-refractivity contribution in [3.63, 3.8) is 0 Å². The second-order valence-electron chi connectivity index (χ2n) is 6.31. The van der Waals surface area contributed by atoms with Gasteiger partial charge in [0.15, 0.2) is 0 Å². The van der Waals surface area contributed by atoms with Crippen LogP contribution in [0.4, 0.5) is 0 Å². The predicted molar refractivity (Wildman–Crippen MR) is 80.1 cm³/mol. The Bertz CT molecular complexity index is 216. The minimum atomic E-state index is 0.698. The first-order chi connectivity index (χ1) is 8.56. The molecule has 0 aromatic heterocycles. The zero-order valence-electron chi connectivity index (χ0n) is 13.1. The maximum absolute atomic E-state index is 3.61. The van der Waals surface area contributed by atoms with Gasteiger partial charge in [0, 0.05) is 25.2 Å². The number of nitrogens with one attached hydrogen (secondary N) is 1. The molecule has 1 rings (SSSR count). The van der Waals surface area contributed by atoms with Crippen molar-refractivity contribution < 1.29 is 0 Å². The third kappa shape index (κ3) is 4.87. The van der Waals surface area contributed by atoms with Crippen molar-refractivity contribution in [2.45, 2.75) is 52.1 Å². The van der Waals surface area contributed by atoms with E-state index in [0.717, 1.165) is 25.0 Å². The molecule has 18 heavy (non-hydrogen) atoms. The molecule has 1 fully saturated rings. The van der Waals surface area contributed by atoms with Crippen LogP contribution in [0.3, 0.4) is 0 Å². The molecule has 2 atom stereocenters. The average Bonchev–Trinajstić information content (AvgIpc) is 2.71. The highest BCUT2D eigenvalue weighted by Gasteiger charge is 2.32. The Morgan fingerprint density at radius 1 is 1.33 bits per heavy atom. The van der Waals surface area contributed by atoms with Crippen molar-refractivity contribution >= 4 is 0 Å². The number of nitrogens with zero attached hydrogens (tertiary/aromatic N) is 2. The molecule has 0 aromatic carbocycles. The van der Waals surface area contributed by atoms with Crippen LogP contribution in [-0.4, -0.2) is 62.2 Å². The molecule has 1 aliphatic heterocycles. The van der Waals surface area contributed by atoms with E-state index in [-0.39, 0.29) is 0 Å². The van der Waals surface area contributed by atoms with Gasteiger partial charge in [0.05, 0.1) is 0 Å². The van der Waals surface area contributed by atoms with Gasteiger partial charge in [-0.1, -0.05) is 20.8 Å². The Morgan fingerprint density at radius 3 is 2.61 bits per heavy atom. The van der Waals surface area contributed by atoms with Crippen LogP contribution in [0, 0.1) is 5.92 Å². The van der Waals surface area contributed by atoms with Crippen molar-refractivity contribution in [3.05, 3.63) is 0 Å². The minimum Gasteiger partial charge on any atom is -0.315 e. The van der Waals surface area contributed by atoms with E-state index in [9.17, 15) is 0 Å². The van der Waals surface area contributed by atoms with E-state index in [1.165, 1.54) is 32.4 Å². The van der Waals surface area contributed by atoms with Crippen LogP contribution in [0.5, 0.6) is 0 Å². The highest BCUT2D eigenvalue weighted by atomic mass is 15.3. The average molecular weight is 255 g/mol. The fourth-order valence-electron chi connectivity index (χ4n) is 3.07. The smallest absolute Gasteiger partial charge is 0.0247 e. The normalized spacial score (nSPS) is 23.2. The third-order valence-electron chi connectivity index (χ3n) is 3.97. The van der Waals surface area contributed by atoms with Gasteiger partial charge < -0.3 is 10.2 Å². The molecule has 1 saturated heterocycles. The monoisotopic (exact) mass is 255 g/mol. The molecular weight excluding hydrogens is 222 g/mol. The summed E-state index contributed by atoms with van der Waals surface area (Å²) in [5.41, 5.74) is 0. The van der Waals surface area contributed by atoms with Gasteiger partial charge in [-0.15, -0.1) is 0 Å². The van der Waals surface area contributed by atoms with Crippen LogP contribution in [-0.2, 0) is 0 Å². The molecule has 0 bridgehead atoms. The summed E-state index contributed by atoms with van der Waals surface area (Å²) in [4.78, 5) is 5.09. The van der Waals surface area contributed by atoms with Gasteiger partial charge >= 0.3 is 0 Å². The molecule has 0 spiro atoms. The third-order valence-corrected chi connectivity index (χ3v) is 3.97. The Balaban J connectivity index is 2.54. The highest BCUT2D eigenvalue weighted by Crippen LogP contribution is 2.24. The molecule has 0 amide bonds. The number of hydrogen-bond donors (Lipinski definition) is 1. The highest BCUT2D eigenvalue weighted by molar-refractivity contribution is 4.88. The zero-order chi connectivity index (χ0) is 13.5. The SMILES string of the molecule is CCCNCC(C(C)C)N1CCCC1CN(C)C. The number of likely N-dealkylation sites (tertiary alicyclic amines) is 1. The van der Waals surface area contributed by atoms with E-state index in [0.29, 0.717) is 6.04 Å². The Labute approximate surface area is 114 Å². The van der Waals surface area contributed by atoms with Crippen molar-refractivity contribution in [1.29, 1.82) is 0 Å². The van der Waals surface area contributed by atoms with Gasteiger partial charge in [0.25, 0.3) is 0 Å². The first kappa shape index (κ1) is 15.9. The van der Waals surface area contributed by atoms with Gasteiger partial charge in [-0.2, -0.15) is 0 Å². The number of likely N-dealkylation sites (N-methyl/N-ethyl adjacent to an activating group) is 1. The molecular formula is C15H33N3. The lowest BCUT2D eigenvalue weighted by Gasteiger charge is -2.37. The fourth-order valence-corrected chi connectivity index (χ4v) is 3.07. The second-order valence-corrected chi connectivity index (χ2v) is 6.31. The van der Waals surface area contributed by atoms with Gasteiger partial charge in [0.1, 0.15) is 0 Å². The van der Waals surface area contributed by atoms with E-state index >= 15 is 0 Å². The number of rotatable bonds is 8. The summed E-state index contributed by atoms with van der Waals surface area (Å²) in [6.45, 7) is 11.8. The molecule has 0 aliphatic carbocycles. The van der Waals surface area contributed by atoms with E-state index < -0.39 is 0 Å². The molecule has 3 nitrogen and oxygen atoms in total. The fraction of sp³-hybridized carbons (Fsp3) is 1.00. The van der Waals surface area contributed by atoms with Gasteiger partial charge in [-0.25, -0.2) is 0 Å². The van der Waals surface area contributed by atoms with Crippen molar-refractivity contribution in [1.82, 2.24) is 15.1 Å². The summed E-state index contributed by atoms with van der Waals surface area (Å²) in [5.74, 6) is 0.733. The summed E-state index contributed by atoms with van der Waals surface area (Å²) in [5, 5.41) is 3.61. The largest absolute Gasteiger partial charge is 0.315 e. The standard InChI is InChI=1S/C15H33N3/c1-6-9-16-11-15(13(2)3)18-10-7-8-14(18)12-17(4)5/h13-16H,6-12H2,1-5H3. The Hall–Kier alpha value is -0.120. The van der Waals surface area contributed by atoms with Crippen molar-refractivity contribution in [3.8, 4) is 0 Å². The number of hydrogen-bond acceptors (Lipinski definition) is 3. The lowest BCUT2D eigenvalue weighted by atomic mass is 10.0. The summed E-state index contributed by atoms with van der Waals surface area (Å²) >= 11 is 0. The molecule has 0 saturated carbocycles. The van der Waals surface area contributed by atoms with Crippen LogP contribution < -0.4 is 5.32 Å². The van der Waals surface area contributed by atoms with Crippen LogP contribution in [0.2, 0.25) is 0 Å². The van der Waals surface area contributed by atoms with E-state index in [2.05, 4.69) is 50.0 Å². The maximum Gasteiger partial charge on any atom is 0.0247 e. The molecule has 1 N–H and O–H groups in total. The first-order valence-electron chi connectivity index (χ1n) is 7.67. The molecule has 1 heterocycles. The summed E-state index contributed by atoms with van der Waals surface area (Å²) in [7, 11) is 4.38. The molecule has 108 valence electrons. The molecule has 3 heteroatoms.